The number of rotatable bonds is 5. The summed E-state index contributed by atoms with van der Waals surface area (Å²) in [5, 5.41) is 7.85. The molecule has 0 aliphatic carbocycles. The van der Waals surface area contributed by atoms with Crippen LogP contribution in [-0.4, -0.2) is 35.6 Å². The van der Waals surface area contributed by atoms with Gasteiger partial charge in [-0.15, -0.1) is 0 Å². The summed E-state index contributed by atoms with van der Waals surface area (Å²) in [4.78, 5) is 16.6. The van der Waals surface area contributed by atoms with Crippen LogP contribution in [0.5, 0.6) is 0 Å². The fourth-order valence-electron chi connectivity index (χ4n) is 3.08. The maximum Gasteiger partial charge on any atom is 0.407 e. The molecule has 6 nitrogen and oxygen atoms in total. The van der Waals surface area contributed by atoms with E-state index in [0.29, 0.717) is 13.1 Å². The Balaban J connectivity index is 1.65. The Morgan fingerprint density at radius 2 is 2.00 bits per heavy atom. The maximum atomic E-state index is 11.8. The summed E-state index contributed by atoms with van der Waals surface area (Å²) in [6, 6.07) is 16.2. The van der Waals surface area contributed by atoms with E-state index in [2.05, 4.69) is 22.8 Å². The normalized spacial score (nSPS) is 11.3. The van der Waals surface area contributed by atoms with Crippen LogP contribution in [0, 0.1) is 0 Å². The fourth-order valence-corrected chi connectivity index (χ4v) is 3.08. The van der Waals surface area contributed by atoms with E-state index in [1.165, 1.54) is 0 Å². The summed E-state index contributed by atoms with van der Waals surface area (Å²) < 4.78 is 7.38. The van der Waals surface area contributed by atoms with E-state index >= 15 is 0 Å². The molecule has 0 atom stereocenters. The van der Waals surface area contributed by atoms with E-state index in [4.69, 9.17) is 9.72 Å². The first-order chi connectivity index (χ1) is 12.8. The highest BCUT2D eigenvalue weighted by atomic mass is 16.5. The minimum absolute atomic E-state index is 0.198. The topological polar surface area (TPSA) is 67.7 Å². The van der Waals surface area contributed by atoms with Crippen molar-refractivity contribution < 1.29 is 9.53 Å². The van der Waals surface area contributed by atoms with Crippen LogP contribution in [0.25, 0.3) is 27.3 Å². The number of carbonyl (C=O) groups excluding carboxylic acids is 1. The van der Waals surface area contributed by atoms with Crippen LogP contribution < -0.4 is 10.6 Å². The average Bonchev–Trinajstić information content (AvgIpc) is 3.03. The van der Waals surface area contributed by atoms with Crippen LogP contribution in [0.2, 0.25) is 0 Å². The lowest BCUT2D eigenvalue weighted by atomic mass is 10.2. The minimum Gasteiger partial charge on any atom is -0.443 e. The largest absolute Gasteiger partial charge is 0.443 e. The fraction of sp³-hybridized carbons (Fsp3) is 0.200. The second-order valence-corrected chi connectivity index (χ2v) is 6.13. The van der Waals surface area contributed by atoms with Crippen LogP contribution in [0.15, 0.2) is 54.7 Å². The van der Waals surface area contributed by atoms with Gasteiger partial charge in [-0.25, -0.2) is 9.78 Å². The summed E-state index contributed by atoms with van der Waals surface area (Å²) >= 11 is 0. The number of hydrogen-bond donors (Lipinski definition) is 2. The number of likely N-dealkylation sites (N-methyl/N-ethyl adjacent to an activating group) is 1. The summed E-state index contributed by atoms with van der Waals surface area (Å²) in [5.41, 5.74) is 3.82. The minimum atomic E-state index is -0.419. The first kappa shape index (κ1) is 16.4. The number of para-hydroxylation sites is 1. The van der Waals surface area contributed by atoms with E-state index in [-0.39, 0.29) is 6.61 Å². The van der Waals surface area contributed by atoms with Crippen LogP contribution in [0.1, 0.15) is 5.69 Å². The smallest absolute Gasteiger partial charge is 0.407 e. The van der Waals surface area contributed by atoms with Gasteiger partial charge in [-0.2, -0.15) is 0 Å². The summed E-state index contributed by atoms with van der Waals surface area (Å²) in [7, 11) is 1.84. The van der Waals surface area contributed by atoms with Gasteiger partial charge in [-0.05, 0) is 31.3 Å². The monoisotopic (exact) mass is 348 g/mol. The molecule has 0 aliphatic heterocycles. The lowest BCUT2D eigenvalue weighted by molar-refractivity contribution is 0.138. The van der Waals surface area contributed by atoms with E-state index in [1.807, 2.05) is 54.0 Å². The van der Waals surface area contributed by atoms with E-state index in [1.54, 1.807) is 0 Å². The Labute approximate surface area is 150 Å². The zero-order valence-electron chi connectivity index (χ0n) is 14.5. The third-order valence-electron chi connectivity index (χ3n) is 4.37. The van der Waals surface area contributed by atoms with Crippen molar-refractivity contribution in [3.05, 3.63) is 60.4 Å². The van der Waals surface area contributed by atoms with Gasteiger partial charge in [0.05, 0.1) is 22.2 Å². The molecular formula is C20H20N4O2. The number of benzene rings is 1. The maximum absolute atomic E-state index is 11.8. The van der Waals surface area contributed by atoms with Crippen molar-refractivity contribution in [1.29, 1.82) is 0 Å². The van der Waals surface area contributed by atoms with Gasteiger partial charge in [-0.3, -0.25) is 0 Å². The molecule has 0 saturated heterocycles. The molecule has 1 aromatic carbocycles. The van der Waals surface area contributed by atoms with Crippen molar-refractivity contribution in [3.63, 3.8) is 0 Å². The number of nitrogens with one attached hydrogen (secondary N) is 2. The molecule has 4 rings (SSSR count). The van der Waals surface area contributed by atoms with Gasteiger partial charge in [0.15, 0.2) is 0 Å². The van der Waals surface area contributed by atoms with Crippen LogP contribution in [0.4, 0.5) is 4.79 Å². The van der Waals surface area contributed by atoms with Gasteiger partial charge >= 0.3 is 6.09 Å². The van der Waals surface area contributed by atoms with Gasteiger partial charge in [0.25, 0.3) is 0 Å². The van der Waals surface area contributed by atoms with Crippen LogP contribution in [0.3, 0.4) is 0 Å². The number of ether oxygens (including phenoxy) is 1. The Morgan fingerprint density at radius 3 is 2.88 bits per heavy atom. The summed E-state index contributed by atoms with van der Waals surface area (Å²) in [5.74, 6) is 0. The standard InChI is InChI=1S/C20H20N4O2/c1-21-9-10-22-20(25)26-13-16-6-4-8-18-19-15(12-24(16)18)11-14-5-2-3-7-17(14)23-19/h2-8,11-12,21H,9-10,13H2,1H3,(H,22,25). The van der Waals surface area contributed by atoms with Gasteiger partial charge in [0, 0.05) is 30.1 Å². The first-order valence-electron chi connectivity index (χ1n) is 8.60. The second kappa shape index (κ2) is 7.01. The molecule has 2 N–H and O–H groups in total. The van der Waals surface area contributed by atoms with Gasteiger partial charge in [-0.1, -0.05) is 24.3 Å². The second-order valence-electron chi connectivity index (χ2n) is 6.13. The summed E-state index contributed by atoms with van der Waals surface area (Å²) in [6.45, 7) is 1.43. The summed E-state index contributed by atoms with van der Waals surface area (Å²) in [6.07, 6.45) is 1.62. The highest BCUT2D eigenvalue weighted by molar-refractivity contribution is 6.00. The Morgan fingerprint density at radius 1 is 1.12 bits per heavy atom. The number of pyridine rings is 2. The van der Waals surface area contributed by atoms with Crippen molar-refractivity contribution in [2.45, 2.75) is 6.61 Å². The van der Waals surface area contributed by atoms with Crippen molar-refractivity contribution >= 4 is 33.4 Å². The molecule has 0 radical (unpaired) electrons. The molecule has 4 aromatic rings. The highest BCUT2D eigenvalue weighted by Gasteiger charge is 2.10. The average molecular weight is 348 g/mol. The number of alkyl carbamates (subject to hydrolysis) is 1. The molecule has 26 heavy (non-hydrogen) atoms. The molecule has 3 heterocycles. The third-order valence-corrected chi connectivity index (χ3v) is 4.37. The molecule has 3 aromatic heterocycles. The number of carbonyl (C=O) groups is 1. The Kier molecular flexibility index (Phi) is 4.41. The lowest BCUT2D eigenvalue weighted by Gasteiger charge is -2.08. The first-order valence-corrected chi connectivity index (χ1v) is 8.60. The van der Waals surface area contributed by atoms with Crippen molar-refractivity contribution in [2.24, 2.45) is 0 Å². The van der Waals surface area contributed by atoms with Crippen molar-refractivity contribution in [2.75, 3.05) is 20.1 Å². The predicted octanol–water partition coefficient (Wildman–Crippen LogP) is 3.09. The van der Waals surface area contributed by atoms with Gasteiger partial charge < -0.3 is 19.8 Å². The number of hydrogen-bond acceptors (Lipinski definition) is 4. The van der Waals surface area contributed by atoms with Crippen molar-refractivity contribution in [1.82, 2.24) is 20.0 Å². The van der Waals surface area contributed by atoms with Crippen LogP contribution in [-0.2, 0) is 11.3 Å². The van der Waals surface area contributed by atoms with E-state index < -0.39 is 6.09 Å². The van der Waals surface area contributed by atoms with Gasteiger partial charge in [0.1, 0.15) is 6.61 Å². The highest BCUT2D eigenvalue weighted by Crippen LogP contribution is 2.25. The quantitative estimate of drug-likeness (QED) is 0.544. The molecule has 0 unspecified atom stereocenters. The predicted molar refractivity (Wildman–Crippen MR) is 102 cm³/mol. The zero-order chi connectivity index (χ0) is 17.9. The number of aromatic nitrogens is 2. The zero-order valence-corrected chi connectivity index (χ0v) is 14.5. The molecule has 0 aliphatic rings. The van der Waals surface area contributed by atoms with E-state index in [9.17, 15) is 4.79 Å². The van der Waals surface area contributed by atoms with Crippen LogP contribution >= 0.6 is 0 Å². The van der Waals surface area contributed by atoms with E-state index in [0.717, 1.165) is 33.0 Å². The Bertz CT molecular complexity index is 1090. The number of amides is 1. The molecular weight excluding hydrogens is 328 g/mol. The number of nitrogens with zero attached hydrogens (tertiary/aromatic N) is 2. The molecule has 0 bridgehead atoms. The lowest BCUT2D eigenvalue weighted by Crippen LogP contribution is -2.30. The molecule has 1 amide bonds. The van der Waals surface area contributed by atoms with Crippen molar-refractivity contribution in [3.8, 4) is 0 Å². The number of fused-ring (bicyclic) bond motifs is 4. The molecule has 0 saturated carbocycles. The molecule has 132 valence electrons. The third kappa shape index (κ3) is 3.07. The van der Waals surface area contributed by atoms with Gasteiger partial charge in [0.2, 0.25) is 0 Å². The Hall–Kier alpha value is -3.12. The molecule has 0 fully saturated rings. The SMILES string of the molecule is CNCCNC(=O)OCc1cccc2c3nc4ccccc4cc3cn12. The molecule has 0 spiro atoms. The molecule has 6 heteroatoms.